The van der Waals surface area contributed by atoms with Crippen molar-refractivity contribution in [3.05, 3.63) is 94.8 Å². The molecule has 3 rings (SSSR count). The molecule has 0 N–H and O–H groups in total. The highest BCUT2D eigenvalue weighted by Crippen LogP contribution is 2.23. The molecule has 0 bridgehead atoms. The Bertz CT molecular complexity index is 973. The predicted molar refractivity (Wildman–Crippen MR) is 125 cm³/mol. The van der Waals surface area contributed by atoms with Gasteiger partial charge in [-0.05, 0) is 61.6 Å². The van der Waals surface area contributed by atoms with Crippen LogP contribution in [0.2, 0.25) is 0 Å². The van der Waals surface area contributed by atoms with Gasteiger partial charge in [0.15, 0.2) is 0 Å². The van der Waals surface area contributed by atoms with Crippen molar-refractivity contribution in [2.24, 2.45) is 0 Å². The number of carbonyl (C=O) groups is 1. The average molecular weight is 403 g/mol. The smallest absolute Gasteiger partial charge is 0.254 e. The van der Waals surface area contributed by atoms with Crippen LogP contribution in [0.3, 0.4) is 0 Å². The molecular weight excluding hydrogens is 368 g/mol. The van der Waals surface area contributed by atoms with Gasteiger partial charge in [-0.3, -0.25) is 4.79 Å². The molecule has 0 radical (unpaired) electrons. The molecule has 0 fully saturated rings. The van der Waals surface area contributed by atoms with Crippen LogP contribution in [-0.2, 0) is 18.5 Å². The Morgan fingerprint density at radius 3 is 2.17 bits per heavy atom. The number of aryl methyl sites for hydroxylation is 1. The van der Waals surface area contributed by atoms with Crippen molar-refractivity contribution in [1.82, 2.24) is 9.47 Å². The molecule has 0 aliphatic carbocycles. The monoisotopic (exact) mass is 402 g/mol. The van der Waals surface area contributed by atoms with Crippen LogP contribution in [0.25, 0.3) is 0 Å². The molecule has 3 nitrogen and oxygen atoms in total. The maximum absolute atomic E-state index is 13.3. The Morgan fingerprint density at radius 2 is 1.60 bits per heavy atom. The predicted octanol–water partition coefficient (Wildman–Crippen LogP) is 6.19. The minimum Gasteiger partial charge on any atom is -0.345 e. The second-order valence-electron chi connectivity index (χ2n) is 9.47. The number of hydrogen-bond acceptors (Lipinski definition) is 1. The average Bonchev–Trinajstić information content (AvgIpc) is 3.13. The Kier molecular flexibility index (Phi) is 6.50. The van der Waals surface area contributed by atoms with Gasteiger partial charge < -0.3 is 9.47 Å². The van der Waals surface area contributed by atoms with E-state index in [1.54, 1.807) is 0 Å². The summed E-state index contributed by atoms with van der Waals surface area (Å²) in [7, 11) is 0. The highest BCUT2D eigenvalue weighted by Gasteiger charge is 2.21. The summed E-state index contributed by atoms with van der Waals surface area (Å²) in [6, 6.07) is 21.0. The number of aromatic nitrogens is 1. The van der Waals surface area contributed by atoms with Crippen LogP contribution in [0.5, 0.6) is 0 Å². The molecule has 2 aromatic carbocycles. The molecule has 0 unspecified atom stereocenters. The molecule has 3 aromatic rings. The van der Waals surface area contributed by atoms with Gasteiger partial charge in [-0.25, -0.2) is 0 Å². The summed E-state index contributed by atoms with van der Waals surface area (Å²) in [4.78, 5) is 15.2. The van der Waals surface area contributed by atoms with Gasteiger partial charge >= 0.3 is 0 Å². The van der Waals surface area contributed by atoms with E-state index in [1.807, 2.05) is 17.0 Å². The number of carbonyl (C=O) groups excluding carboxylic acids is 1. The molecule has 30 heavy (non-hydrogen) atoms. The molecule has 1 heterocycles. The topological polar surface area (TPSA) is 25.2 Å². The van der Waals surface area contributed by atoms with Crippen LogP contribution < -0.4 is 0 Å². The standard InChI is InChI=1S/C27H34N2O/c1-20(2)29(26(30)23-13-15-24(16-14-23)27(4,5)6)19-25-8-7-17-28(25)18-22-11-9-21(3)10-12-22/h7-17,20H,18-19H2,1-6H3. The van der Waals surface area contributed by atoms with Gasteiger partial charge in [0.1, 0.15) is 0 Å². The highest BCUT2D eigenvalue weighted by atomic mass is 16.2. The lowest BCUT2D eigenvalue weighted by molar-refractivity contribution is 0.0686. The molecule has 1 aromatic heterocycles. The Balaban J connectivity index is 1.79. The number of amides is 1. The molecule has 0 aliphatic heterocycles. The van der Waals surface area contributed by atoms with E-state index in [9.17, 15) is 4.79 Å². The fourth-order valence-corrected chi connectivity index (χ4v) is 3.58. The lowest BCUT2D eigenvalue weighted by Gasteiger charge is -2.28. The Morgan fingerprint density at radius 1 is 0.967 bits per heavy atom. The van der Waals surface area contributed by atoms with Crippen LogP contribution in [-0.4, -0.2) is 21.4 Å². The summed E-state index contributed by atoms with van der Waals surface area (Å²) in [5.74, 6) is 0.0774. The van der Waals surface area contributed by atoms with Crippen molar-refractivity contribution >= 4 is 5.91 Å². The molecule has 0 atom stereocenters. The first-order valence-electron chi connectivity index (χ1n) is 10.8. The third-order valence-electron chi connectivity index (χ3n) is 5.61. The second-order valence-corrected chi connectivity index (χ2v) is 9.47. The van der Waals surface area contributed by atoms with Gasteiger partial charge in [0.05, 0.1) is 6.54 Å². The van der Waals surface area contributed by atoms with Gasteiger partial charge in [0.25, 0.3) is 5.91 Å². The van der Waals surface area contributed by atoms with Crippen LogP contribution in [0.4, 0.5) is 0 Å². The van der Waals surface area contributed by atoms with Gasteiger partial charge in [0, 0.05) is 30.0 Å². The van der Waals surface area contributed by atoms with Gasteiger partial charge in [0.2, 0.25) is 0 Å². The maximum Gasteiger partial charge on any atom is 0.254 e. The summed E-state index contributed by atoms with van der Waals surface area (Å²) in [5, 5.41) is 0. The zero-order valence-electron chi connectivity index (χ0n) is 19.1. The summed E-state index contributed by atoms with van der Waals surface area (Å²) < 4.78 is 2.23. The third kappa shape index (κ3) is 5.21. The van der Waals surface area contributed by atoms with Crippen molar-refractivity contribution in [3.63, 3.8) is 0 Å². The van der Waals surface area contributed by atoms with Gasteiger partial charge in [-0.15, -0.1) is 0 Å². The van der Waals surface area contributed by atoms with Crippen molar-refractivity contribution in [3.8, 4) is 0 Å². The van der Waals surface area contributed by atoms with Crippen molar-refractivity contribution in [2.45, 2.75) is 66.1 Å². The zero-order valence-corrected chi connectivity index (χ0v) is 19.1. The Labute approximate surface area is 181 Å². The second kappa shape index (κ2) is 8.91. The molecule has 0 saturated heterocycles. The lowest BCUT2D eigenvalue weighted by Crippen LogP contribution is -2.37. The summed E-state index contributed by atoms with van der Waals surface area (Å²) >= 11 is 0. The van der Waals surface area contributed by atoms with E-state index >= 15 is 0 Å². The number of hydrogen-bond donors (Lipinski definition) is 0. The fraction of sp³-hybridized carbons (Fsp3) is 0.370. The first kappa shape index (κ1) is 21.9. The van der Waals surface area contributed by atoms with Gasteiger partial charge in [-0.2, -0.15) is 0 Å². The Hall–Kier alpha value is -2.81. The van der Waals surface area contributed by atoms with E-state index in [0.29, 0.717) is 6.54 Å². The lowest BCUT2D eigenvalue weighted by atomic mass is 9.86. The molecule has 0 spiro atoms. The summed E-state index contributed by atoms with van der Waals surface area (Å²) in [5.41, 5.74) is 5.73. The first-order chi connectivity index (χ1) is 14.1. The van der Waals surface area contributed by atoms with E-state index in [2.05, 4.69) is 101 Å². The maximum atomic E-state index is 13.3. The molecule has 1 amide bonds. The number of benzene rings is 2. The largest absolute Gasteiger partial charge is 0.345 e. The van der Waals surface area contributed by atoms with Crippen molar-refractivity contribution in [1.29, 1.82) is 0 Å². The van der Waals surface area contributed by atoms with E-state index in [4.69, 9.17) is 0 Å². The van der Waals surface area contributed by atoms with E-state index < -0.39 is 0 Å². The van der Waals surface area contributed by atoms with Crippen LogP contribution in [0, 0.1) is 6.92 Å². The fourth-order valence-electron chi connectivity index (χ4n) is 3.58. The molecule has 0 saturated carbocycles. The number of nitrogens with zero attached hydrogens (tertiary/aromatic N) is 2. The molecule has 3 heteroatoms. The van der Waals surface area contributed by atoms with E-state index in [0.717, 1.165) is 17.8 Å². The molecule has 158 valence electrons. The van der Waals surface area contributed by atoms with Crippen molar-refractivity contribution < 1.29 is 4.79 Å². The first-order valence-corrected chi connectivity index (χ1v) is 10.8. The molecular formula is C27H34N2O. The third-order valence-corrected chi connectivity index (χ3v) is 5.61. The van der Waals surface area contributed by atoms with Crippen LogP contribution in [0.1, 0.15) is 67.4 Å². The minimum atomic E-state index is 0.0774. The minimum absolute atomic E-state index is 0.0774. The molecule has 0 aliphatic rings. The normalized spacial score (nSPS) is 11.7. The van der Waals surface area contributed by atoms with Crippen LogP contribution in [0.15, 0.2) is 66.9 Å². The zero-order chi connectivity index (χ0) is 21.9. The SMILES string of the molecule is Cc1ccc(Cn2cccc2CN(C(=O)c2ccc(C(C)(C)C)cc2)C(C)C)cc1. The highest BCUT2D eigenvalue weighted by molar-refractivity contribution is 5.94. The summed E-state index contributed by atoms with van der Waals surface area (Å²) in [6.07, 6.45) is 2.09. The van der Waals surface area contributed by atoms with Crippen LogP contribution >= 0.6 is 0 Å². The summed E-state index contributed by atoms with van der Waals surface area (Å²) in [6.45, 7) is 14.2. The quantitative estimate of drug-likeness (QED) is 0.482. The number of rotatable bonds is 6. The van der Waals surface area contributed by atoms with E-state index in [1.165, 1.54) is 16.7 Å². The van der Waals surface area contributed by atoms with Gasteiger partial charge in [-0.1, -0.05) is 62.7 Å². The van der Waals surface area contributed by atoms with E-state index in [-0.39, 0.29) is 17.4 Å². The van der Waals surface area contributed by atoms with Crippen molar-refractivity contribution in [2.75, 3.05) is 0 Å².